The first-order chi connectivity index (χ1) is 34.9. The Morgan fingerprint density at radius 3 is 1.30 bits per heavy atom. The molecule has 408 valence electrons. The number of hydrogen-bond acceptors (Lipinski definition) is 10. The number of carboxylic acids is 1. The van der Waals surface area contributed by atoms with Gasteiger partial charge in [-0.2, -0.15) is 0 Å². The van der Waals surface area contributed by atoms with Crippen LogP contribution in [-0.2, 0) is 23.9 Å². The van der Waals surface area contributed by atoms with Gasteiger partial charge in [0.25, 0.3) is 11.1 Å². The van der Waals surface area contributed by atoms with Crippen molar-refractivity contribution in [3.8, 4) is 22.5 Å². The van der Waals surface area contributed by atoms with E-state index in [-0.39, 0.29) is 91.7 Å². The smallest absolute Gasteiger partial charge is 0.870 e. The number of nitrogens with one attached hydrogen (secondary N) is 2. The van der Waals surface area contributed by atoms with E-state index in [1.165, 1.54) is 45.5 Å². The third-order valence-corrected chi connectivity index (χ3v) is 12.4. The number of carbonyl (C=O) groups is 4. The predicted octanol–water partition coefficient (Wildman–Crippen LogP) is 7.73. The molecule has 0 fully saturated rings. The second-order valence-corrected chi connectivity index (χ2v) is 19.7. The molecule has 0 aliphatic rings. The maximum atomic E-state index is 13.9. The third-order valence-electron chi connectivity index (χ3n) is 12.4. The van der Waals surface area contributed by atoms with E-state index in [2.05, 4.69) is 20.6 Å². The van der Waals surface area contributed by atoms with Crippen molar-refractivity contribution in [2.24, 2.45) is 11.8 Å². The summed E-state index contributed by atoms with van der Waals surface area (Å²) in [6.07, 6.45) is 6.78. The van der Waals surface area contributed by atoms with Gasteiger partial charge in [-0.3, -0.25) is 38.7 Å². The molecule has 2 aromatic carbocycles. The van der Waals surface area contributed by atoms with E-state index in [9.17, 15) is 42.7 Å². The van der Waals surface area contributed by atoms with Crippen molar-refractivity contribution in [2.45, 2.75) is 133 Å². The van der Waals surface area contributed by atoms with Crippen molar-refractivity contribution < 1.29 is 62.1 Å². The molecular formula is C59H73F2LiN6O9. The van der Waals surface area contributed by atoms with Crippen LogP contribution >= 0.6 is 0 Å². The molecule has 0 saturated heterocycles. The Morgan fingerprint density at radius 1 is 0.610 bits per heavy atom. The Kier molecular flexibility index (Phi) is 25.8. The van der Waals surface area contributed by atoms with Gasteiger partial charge in [-0.05, 0) is 178 Å². The maximum absolute atomic E-state index is 13.9. The van der Waals surface area contributed by atoms with Crippen molar-refractivity contribution in [1.82, 2.24) is 29.7 Å². The van der Waals surface area contributed by atoms with E-state index in [1.807, 2.05) is 48.5 Å². The molecule has 4 heterocycles. The number of aryl methyl sites for hydroxylation is 6. The molecule has 0 spiro atoms. The Labute approximate surface area is 462 Å². The van der Waals surface area contributed by atoms with Crippen LogP contribution in [0.5, 0.6) is 0 Å². The normalized spacial score (nSPS) is 12.3. The average Bonchev–Trinajstić information content (AvgIpc) is 3.29. The number of halogens is 2. The van der Waals surface area contributed by atoms with E-state index in [0.29, 0.717) is 46.5 Å². The molecular weight excluding hydrogens is 982 g/mol. The zero-order valence-electron chi connectivity index (χ0n) is 45.5. The van der Waals surface area contributed by atoms with Crippen LogP contribution in [-0.4, -0.2) is 60.0 Å². The molecule has 77 heavy (non-hydrogen) atoms. The molecule has 6 rings (SSSR count). The molecule has 0 bridgehead atoms. The topological polar surface area (TPSA) is 222 Å². The van der Waals surface area contributed by atoms with Crippen LogP contribution in [0.15, 0.2) is 107 Å². The van der Waals surface area contributed by atoms with Gasteiger partial charge in [-0.1, -0.05) is 35.1 Å². The van der Waals surface area contributed by atoms with Gasteiger partial charge in [0, 0.05) is 48.0 Å². The van der Waals surface area contributed by atoms with Crippen molar-refractivity contribution in [1.29, 1.82) is 0 Å². The van der Waals surface area contributed by atoms with Gasteiger partial charge in [0.05, 0.1) is 42.9 Å². The number of rotatable bonds is 19. The summed E-state index contributed by atoms with van der Waals surface area (Å²) in [6.45, 7) is 20.6. The Hall–Kier alpha value is -7.06. The zero-order valence-corrected chi connectivity index (χ0v) is 45.5. The van der Waals surface area contributed by atoms with Gasteiger partial charge >= 0.3 is 30.8 Å². The van der Waals surface area contributed by atoms with E-state index >= 15 is 0 Å². The minimum Gasteiger partial charge on any atom is -0.870 e. The largest absolute Gasteiger partial charge is 1.00 e. The average molecular weight is 1060 g/mol. The number of benzene rings is 2. The number of pyridine rings is 4. The van der Waals surface area contributed by atoms with Gasteiger partial charge in [0.1, 0.15) is 23.7 Å². The fourth-order valence-electron chi connectivity index (χ4n) is 9.11. The number of carboxylic acid groups (broad SMARTS) is 1. The number of nitrogens with zero attached hydrogens (tertiary/aromatic N) is 4. The van der Waals surface area contributed by atoms with Crippen LogP contribution in [0.1, 0.15) is 136 Å². The molecule has 4 aromatic heterocycles. The first kappa shape index (κ1) is 66.0. The van der Waals surface area contributed by atoms with Gasteiger partial charge in [0.15, 0.2) is 0 Å². The Bertz CT molecular complexity index is 3080. The van der Waals surface area contributed by atoms with Crippen LogP contribution in [0.4, 0.5) is 8.78 Å². The molecule has 0 aliphatic carbocycles. The van der Waals surface area contributed by atoms with Crippen molar-refractivity contribution in [3.63, 3.8) is 0 Å². The van der Waals surface area contributed by atoms with Crippen molar-refractivity contribution in [2.75, 3.05) is 6.61 Å². The summed E-state index contributed by atoms with van der Waals surface area (Å²) in [4.78, 5) is 85.7. The third kappa shape index (κ3) is 18.3. The summed E-state index contributed by atoms with van der Waals surface area (Å²) in [5.41, 5.74) is 7.82. The molecule has 2 amide bonds. The van der Waals surface area contributed by atoms with Crippen LogP contribution in [0.3, 0.4) is 0 Å². The minimum absolute atomic E-state index is 0. The molecule has 0 aliphatic heterocycles. The standard InChI is InChI=1S/C30H36FN3O4.C28H32FN3O4.CH4.Li.H2O/c1-7-38-28(36)17-24(22-8-10-32-25(16-22)29-20(5)14-23(31)15-21(29)6)33-30(37)26(12-18(2)3)34-11-9-19(4)13-27(34)35;1-16(2)10-24(32-9-7-17(3)11-25(32)33)28(36)31-22(15-26(34)35)20-6-8-30-23(14-20)27-18(4)12-21(29)13-19(27)5;;;/h8-11,13-16,18,24,26H,7,12,17H2,1-6H3,(H,33,37);6-9,11-14,16,22,24H,10,15H2,1-5H3,(H,31,36)(H,34,35);1H4;;1H2/q;;;+1;/p-1/t24-,26?;22-,24?;;;/m00.../s1. The van der Waals surface area contributed by atoms with Gasteiger partial charge < -0.3 is 35.1 Å². The molecule has 4 N–H and O–H groups in total. The van der Waals surface area contributed by atoms with E-state index in [0.717, 1.165) is 33.4 Å². The summed E-state index contributed by atoms with van der Waals surface area (Å²) in [6, 6.07) is 16.0. The summed E-state index contributed by atoms with van der Waals surface area (Å²) < 4.78 is 35.7. The van der Waals surface area contributed by atoms with E-state index < -0.39 is 42.0 Å². The molecule has 4 atom stereocenters. The van der Waals surface area contributed by atoms with Gasteiger partial charge in [-0.25, -0.2) is 8.78 Å². The monoisotopic (exact) mass is 1050 g/mol. The van der Waals surface area contributed by atoms with Gasteiger partial charge in [-0.15, -0.1) is 0 Å². The quantitative estimate of drug-likeness (QED) is 0.0526. The summed E-state index contributed by atoms with van der Waals surface area (Å²) >= 11 is 0. The molecule has 15 nitrogen and oxygen atoms in total. The summed E-state index contributed by atoms with van der Waals surface area (Å²) in [7, 11) is 0. The summed E-state index contributed by atoms with van der Waals surface area (Å²) in [5.74, 6) is -2.76. The van der Waals surface area contributed by atoms with Gasteiger partial charge in [0.2, 0.25) is 11.8 Å². The maximum Gasteiger partial charge on any atom is 1.00 e. The van der Waals surface area contributed by atoms with Crippen LogP contribution in [0.2, 0.25) is 0 Å². The van der Waals surface area contributed by atoms with Crippen LogP contribution in [0.25, 0.3) is 22.5 Å². The van der Waals surface area contributed by atoms with E-state index in [1.54, 1.807) is 88.9 Å². The number of ether oxygens (including phenoxy) is 1. The number of esters is 1. The SMILES string of the molecule is C.CCOC(=O)C[C@H](NC(=O)C(CC(C)C)n1ccc(C)cc1=O)c1ccnc(-c2c(C)cc(F)cc2C)c1.Cc1ccn(C(CC(C)C)C(=O)N[C@@H](CC(=O)O)c2ccnc(-c3c(C)cc(F)cc3C)c2)c(=O)c1.[Li+].[OH-]. The predicted molar refractivity (Wildman–Crippen MR) is 290 cm³/mol. The molecule has 0 radical (unpaired) electrons. The van der Waals surface area contributed by atoms with Crippen molar-refractivity contribution >= 4 is 23.8 Å². The fraction of sp³-hybridized carbons (Fsp3) is 0.390. The number of amides is 2. The first-order valence-electron chi connectivity index (χ1n) is 24.8. The van der Waals surface area contributed by atoms with E-state index in [4.69, 9.17) is 4.74 Å². The molecule has 18 heteroatoms. The van der Waals surface area contributed by atoms with Crippen LogP contribution in [0, 0.1) is 65.0 Å². The molecule has 2 unspecified atom stereocenters. The second kappa shape index (κ2) is 30.0. The minimum atomic E-state index is -1.08. The number of aliphatic carboxylic acids is 1. The Balaban J connectivity index is 0.000000508. The number of aromatic nitrogens is 4. The molecule has 0 saturated carbocycles. The molecule has 6 aromatic rings. The number of hydrogen-bond donors (Lipinski definition) is 3. The second-order valence-electron chi connectivity index (χ2n) is 19.7. The first-order valence-corrected chi connectivity index (χ1v) is 24.8. The Morgan fingerprint density at radius 2 is 0.974 bits per heavy atom. The number of carbonyl (C=O) groups excluding carboxylic acids is 3. The van der Waals surface area contributed by atoms with Crippen LogP contribution < -0.4 is 40.6 Å². The zero-order chi connectivity index (χ0) is 54.6. The summed E-state index contributed by atoms with van der Waals surface area (Å²) in [5, 5.41) is 15.4. The fourth-order valence-corrected chi connectivity index (χ4v) is 9.11. The van der Waals surface area contributed by atoms with Crippen molar-refractivity contribution in [3.05, 3.63) is 174 Å².